The van der Waals surface area contributed by atoms with Crippen LogP contribution >= 0.6 is 0 Å². The highest BCUT2D eigenvalue weighted by atomic mass is 19.1. The van der Waals surface area contributed by atoms with Gasteiger partial charge >= 0.3 is 0 Å². The second-order valence-electron chi connectivity index (χ2n) is 5.42. The van der Waals surface area contributed by atoms with E-state index in [1.165, 1.54) is 6.07 Å². The minimum atomic E-state index is -0.188. The van der Waals surface area contributed by atoms with E-state index in [1.54, 1.807) is 6.07 Å². The molecule has 114 valence electrons. The summed E-state index contributed by atoms with van der Waals surface area (Å²) in [6.07, 6.45) is 4.81. The highest BCUT2D eigenvalue weighted by Crippen LogP contribution is 2.23. The van der Waals surface area contributed by atoms with Gasteiger partial charge in [-0.25, -0.2) is 4.39 Å². The van der Waals surface area contributed by atoms with Crippen molar-refractivity contribution in [3.63, 3.8) is 0 Å². The highest BCUT2D eigenvalue weighted by Gasteiger charge is 2.16. The Balaban J connectivity index is 2.14. The molecule has 0 bridgehead atoms. The lowest BCUT2D eigenvalue weighted by Crippen LogP contribution is -2.17. The number of nitrogens with two attached hydrogens (primary N) is 1. The van der Waals surface area contributed by atoms with Crippen LogP contribution in [-0.4, -0.2) is 16.3 Å². The van der Waals surface area contributed by atoms with E-state index in [9.17, 15) is 4.39 Å². The van der Waals surface area contributed by atoms with E-state index in [2.05, 4.69) is 18.9 Å². The van der Waals surface area contributed by atoms with Crippen molar-refractivity contribution >= 4 is 0 Å². The van der Waals surface area contributed by atoms with Gasteiger partial charge in [-0.05, 0) is 43.5 Å². The Labute approximate surface area is 126 Å². The molecule has 1 heterocycles. The number of nitrogens with zero attached hydrogens (tertiary/aromatic N) is 2. The van der Waals surface area contributed by atoms with E-state index in [0.717, 1.165) is 18.5 Å². The molecule has 0 aliphatic heterocycles. The molecule has 0 fully saturated rings. The van der Waals surface area contributed by atoms with Crippen LogP contribution in [0.2, 0.25) is 0 Å². The summed E-state index contributed by atoms with van der Waals surface area (Å²) in [6.45, 7) is 4.74. The van der Waals surface area contributed by atoms with Gasteiger partial charge in [0.25, 0.3) is 0 Å². The summed E-state index contributed by atoms with van der Waals surface area (Å²) in [6, 6.07) is 9.30. The third kappa shape index (κ3) is 3.70. The molecule has 1 aromatic heterocycles. The van der Waals surface area contributed by atoms with Crippen LogP contribution in [0, 0.1) is 5.82 Å². The fourth-order valence-electron chi connectivity index (χ4n) is 2.73. The lowest BCUT2D eigenvalue weighted by molar-refractivity contribution is 0.424. The largest absolute Gasteiger partial charge is 0.330 e. The molecule has 2 N–H and O–H groups in total. The fourth-order valence-corrected chi connectivity index (χ4v) is 2.73. The van der Waals surface area contributed by atoms with E-state index in [4.69, 9.17) is 5.73 Å². The number of hydrogen-bond donors (Lipinski definition) is 1. The zero-order chi connectivity index (χ0) is 15.2. The van der Waals surface area contributed by atoms with Gasteiger partial charge in [0.15, 0.2) is 0 Å². The Hall–Kier alpha value is -1.68. The Morgan fingerprint density at radius 3 is 2.52 bits per heavy atom. The van der Waals surface area contributed by atoms with Gasteiger partial charge in [-0.1, -0.05) is 32.0 Å². The molecule has 3 nitrogen and oxygen atoms in total. The normalized spacial score (nSPS) is 12.8. The van der Waals surface area contributed by atoms with Crippen LogP contribution in [0.1, 0.15) is 49.9 Å². The van der Waals surface area contributed by atoms with E-state index in [0.29, 0.717) is 24.6 Å². The topological polar surface area (TPSA) is 43.8 Å². The van der Waals surface area contributed by atoms with Gasteiger partial charge in [0.1, 0.15) is 5.82 Å². The van der Waals surface area contributed by atoms with Gasteiger partial charge in [0, 0.05) is 12.1 Å². The van der Waals surface area contributed by atoms with Crippen LogP contribution < -0.4 is 5.73 Å². The van der Waals surface area contributed by atoms with Crippen molar-refractivity contribution in [2.24, 2.45) is 5.73 Å². The molecule has 1 unspecified atom stereocenters. The third-order valence-electron chi connectivity index (χ3n) is 4.07. The Bertz CT molecular complexity index is 561. The lowest BCUT2D eigenvalue weighted by atomic mass is 9.94. The van der Waals surface area contributed by atoms with E-state index in [-0.39, 0.29) is 11.7 Å². The van der Waals surface area contributed by atoms with Crippen molar-refractivity contribution < 1.29 is 4.39 Å². The number of aromatic nitrogens is 2. The molecule has 2 aromatic rings. The first-order valence-corrected chi connectivity index (χ1v) is 7.68. The standard InChI is InChI=1S/C17H24FN3/c1-3-15(4-2)21-10-9-14(20-21)11-13(12-19)16-7-5-6-8-17(16)18/h5-10,13,15H,3-4,11-12,19H2,1-2H3. The van der Waals surface area contributed by atoms with Gasteiger partial charge in [0.05, 0.1) is 11.7 Å². The summed E-state index contributed by atoms with van der Waals surface area (Å²) in [4.78, 5) is 0. The summed E-state index contributed by atoms with van der Waals surface area (Å²) < 4.78 is 15.9. The molecule has 0 amide bonds. The molecule has 0 saturated heterocycles. The molecule has 1 aromatic carbocycles. The van der Waals surface area contributed by atoms with Crippen molar-refractivity contribution in [1.82, 2.24) is 9.78 Å². The van der Waals surface area contributed by atoms with E-state index in [1.807, 2.05) is 29.1 Å². The van der Waals surface area contributed by atoms with Crippen molar-refractivity contribution in [3.05, 3.63) is 53.6 Å². The minimum Gasteiger partial charge on any atom is -0.330 e. The van der Waals surface area contributed by atoms with Crippen LogP contribution in [0.4, 0.5) is 4.39 Å². The van der Waals surface area contributed by atoms with Gasteiger partial charge in [-0.2, -0.15) is 5.10 Å². The first kappa shape index (κ1) is 15.7. The zero-order valence-electron chi connectivity index (χ0n) is 12.8. The first-order chi connectivity index (χ1) is 10.2. The molecule has 2 rings (SSSR count). The first-order valence-electron chi connectivity index (χ1n) is 7.68. The van der Waals surface area contributed by atoms with Crippen LogP contribution in [0.3, 0.4) is 0 Å². The average molecular weight is 289 g/mol. The predicted octanol–water partition coefficient (Wildman–Crippen LogP) is 3.67. The molecule has 0 saturated carbocycles. The van der Waals surface area contributed by atoms with Gasteiger partial charge in [-0.15, -0.1) is 0 Å². The number of hydrogen-bond acceptors (Lipinski definition) is 2. The van der Waals surface area contributed by atoms with Crippen LogP contribution in [0.15, 0.2) is 36.5 Å². The maximum absolute atomic E-state index is 13.9. The second kappa shape index (κ2) is 7.36. The summed E-state index contributed by atoms with van der Waals surface area (Å²) in [5.41, 5.74) is 7.49. The van der Waals surface area contributed by atoms with E-state index < -0.39 is 0 Å². The van der Waals surface area contributed by atoms with Gasteiger partial charge in [-0.3, -0.25) is 4.68 Å². The van der Waals surface area contributed by atoms with Crippen molar-refractivity contribution in [3.8, 4) is 0 Å². The van der Waals surface area contributed by atoms with Crippen molar-refractivity contribution in [2.45, 2.75) is 45.1 Å². The second-order valence-corrected chi connectivity index (χ2v) is 5.42. The summed E-state index contributed by atoms with van der Waals surface area (Å²) >= 11 is 0. The monoisotopic (exact) mass is 289 g/mol. The maximum Gasteiger partial charge on any atom is 0.126 e. The quantitative estimate of drug-likeness (QED) is 0.845. The summed E-state index contributed by atoms with van der Waals surface area (Å²) in [5, 5.41) is 4.63. The molecular formula is C17H24FN3. The summed E-state index contributed by atoms with van der Waals surface area (Å²) in [5.74, 6) is -0.219. The smallest absolute Gasteiger partial charge is 0.126 e. The summed E-state index contributed by atoms with van der Waals surface area (Å²) in [7, 11) is 0. The maximum atomic E-state index is 13.9. The van der Waals surface area contributed by atoms with Crippen LogP contribution in [0.25, 0.3) is 0 Å². The Kier molecular flexibility index (Phi) is 5.51. The predicted molar refractivity (Wildman–Crippen MR) is 83.7 cm³/mol. The molecule has 0 aliphatic carbocycles. The number of halogens is 1. The number of rotatable bonds is 7. The van der Waals surface area contributed by atoms with E-state index >= 15 is 0 Å². The molecular weight excluding hydrogens is 265 g/mol. The molecule has 0 aliphatic rings. The third-order valence-corrected chi connectivity index (χ3v) is 4.07. The van der Waals surface area contributed by atoms with Crippen LogP contribution in [0.5, 0.6) is 0 Å². The Morgan fingerprint density at radius 1 is 1.19 bits per heavy atom. The molecule has 0 spiro atoms. The molecule has 1 atom stereocenters. The average Bonchev–Trinajstić information content (AvgIpc) is 2.95. The zero-order valence-corrected chi connectivity index (χ0v) is 12.8. The van der Waals surface area contributed by atoms with Gasteiger partial charge < -0.3 is 5.73 Å². The number of benzene rings is 1. The van der Waals surface area contributed by atoms with Crippen molar-refractivity contribution in [1.29, 1.82) is 0 Å². The molecule has 21 heavy (non-hydrogen) atoms. The Morgan fingerprint density at radius 2 is 1.90 bits per heavy atom. The lowest BCUT2D eigenvalue weighted by Gasteiger charge is -2.15. The highest BCUT2D eigenvalue weighted by molar-refractivity contribution is 5.23. The van der Waals surface area contributed by atoms with Crippen molar-refractivity contribution in [2.75, 3.05) is 6.54 Å². The fraction of sp³-hybridized carbons (Fsp3) is 0.471. The van der Waals surface area contributed by atoms with Crippen LogP contribution in [-0.2, 0) is 6.42 Å². The molecule has 4 heteroatoms. The minimum absolute atomic E-state index is 0.0312. The SMILES string of the molecule is CCC(CC)n1ccc(CC(CN)c2ccccc2F)n1. The van der Waals surface area contributed by atoms with Gasteiger partial charge in [0.2, 0.25) is 0 Å². The molecule has 0 radical (unpaired) electrons.